The lowest BCUT2D eigenvalue weighted by molar-refractivity contribution is -0.117. The highest BCUT2D eigenvalue weighted by molar-refractivity contribution is 8.00. The summed E-state index contributed by atoms with van der Waals surface area (Å²) in [5.74, 6) is -0.315. The van der Waals surface area contributed by atoms with E-state index in [0.717, 1.165) is 10.5 Å². The molecule has 2 rings (SSSR count). The first-order valence-corrected chi connectivity index (χ1v) is 6.21. The molecule has 0 bridgehead atoms. The minimum absolute atomic E-state index is 0.315. The zero-order valence-corrected chi connectivity index (χ0v) is 10.1. The molecule has 0 aliphatic rings. The minimum atomic E-state index is -0.335. The lowest BCUT2D eigenvalue weighted by atomic mass is 10.1. The van der Waals surface area contributed by atoms with Crippen molar-refractivity contribution in [1.29, 1.82) is 0 Å². The van der Waals surface area contributed by atoms with E-state index in [1.54, 1.807) is 0 Å². The molecule has 0 fully saturated rings. The first kappa shape index (κ1) is 11.7. The first-order valence-electron chi connectivity index (χ1n) is 5.33. The van der Waals surface area contributed by atoms with Crippen LogP contribution in [0.1, 0.15) is 10.8 Å². The van der Waals surface area contributed by atoms with Gasteiger partial charge in [-0.25, -0.2) is 0 Å². The summed E-state index contributed by atoms with van der Waals surface area (Å²) < 4.78 is 0. The van der Waals surface area contributed by atoms with Crippen LogP contribution in [-0.2, 0) is 4.79 Å². The van der Waals surface area contributed by atoms with E-state index in [1.165, 1.54) is 11.8 Å². The molecule has 0 spiro atoms. The van der Waals surface area contributed by atoms with Crippen molar-refractivity contribution in [2.75, 3.05) is 0 Å². The highest BCUT2D eigenvalue weighted by atomic mass is 32.2. The van der Waals surface area contributed by atoms with Crippen molar-refractivity contribution < 1.29 is 4.79 Å². The van der Waals surface area contributed by atoms with E-state index in [9.17, 15) is 4.79 Å². The van der Waals surface area contributed by atoms with Crippen molar-refractivity contribution in [2.45, 2.75) is 10.1 Å². The average Bonchev–Trinajstić information content (AvgIpc) is 2.38. The van der Waals surface area contributed by atoms with Crippen LogP contribution in [-0.4, -0.2) is 5.91 Å². The van der Waals surface area contributed by atoms with Gasteiger partial charge in [-0.3, -0.25) is 4.79 Å². The molecular formula is C14H13NOS. The highest BCUT2D eigenvalue weighted by Crippen LogP contribution is 2.34. The van der Waals surface area contributed by atoms with Crippen molar-refractivity contribution in [3.8, 4) is 0 Å². The van der Waals surface area contributed by atoms with Crippen LogP contribution in [0, 0.1) is 0 Å². The SMILES string of the molecule is NC(=O)C(Sc1ccccc1)c1ccccc1. The third kappa shape index (κ3) is 3.11. The fourth-order valence-corrected chi connectivity index (χ4v) is 2.55. The van der Waals surface area contributed by atoms with Crippen molar-refractivity contribution >= 4 is 17.7 Å². The number of carbonyl (C=O) groups is 1. The number of nitrogens with two attached hydrogens (primary N) is 1. The van der Waals surface area contributed by atoms with Crippen LogP contribution in [0.3, 0.4) is 0 Å². The van der Waals surface area contributed by atoms with E-state index in [0.29, 0.717) is 0 Å². The van der Waals surface area contributed by atoms with Gasteiger partial charge < -0.3 is 5.73 Å². The molecule has 0 heterocycles. The molecule has 0 saturated heterocycles. The summed E-state index contributed by atoms with van der Waals surface area (Å²) in [5.41, 5.74) is 6.40. The summed E-state index contributed by atoms with van der Waals surface area (Å²) in [7, 11) is 0. The second-order valence-electron chi connectivity index (χ2n) is 3.62. The topological polar surface area (TPSA) is 43.1 Å². The lowest BCUT2D eigenvalue weighted by Gasteiger charge is -2.13. The Balaban J connectivity index is 2.23. The maximum absolute atomic E-state index is 11.5. The monoisotopic (exact) mass is 243 g/mol. The number of benzene rings is 2. The standard InChI is InChI=1S/C14H13NOS/c15-14(16)13(11-7-3-1-4-8-11)17-12-9-5-2-6-10-12/h1-10,13H,(H2,15,16). The molecule has 0 aliphatic heterocycles. The van der Waals surface area contributed by atoms with Gasteiger partial charge in [0, 0.05) is 4.90 Å². The number of hydrogen-bond acceptors (Lipinski definition) is 2. The predicted octanol–water partition coefficient (Wildman–Crippen LogP) is 3.01. The molecule has 0 aliphatic carbocycles. The van der Waals surface area contributed by atoms with E-state index >= 15 is 0 Å². The van der Waals surface area contributed by atoms with Crippen LogP contribution >= 0.6 is 11.8 Å². The summed E-state index contributed by atoms with van der Waals surface area (Å²) in [5, 5.41) is -0.335. The van der Waals surface area contributed by atoms with Crippen molar-refractivity contribution in [1.82, 2.24) is 0 Å². The number of primary amides is 1. The number of hydrogen-bond donors (Lipinski definition) is 1. The fourth-order valence-electron chi connectivity index (χ4n) is 1.55. The Bertz CT molecular complexity index is 484. The first-order chi connectivity index (χ1) is 8.27. The summed E-state index contributed by atoms with van der Waals surface area (Å²) in [4.78, 5) is 12.5. The van der Waals surface area contributed by atoms with Gasteiger partial charge in [-0.1, -0.05) is 48.5 Å². The molecule has 0 saturated carbocycles. The fraction of sp³-hybridized carbons (Fsp3) is 0.0714. The van der Waals surface area contributed by atoms with Gasteiger partial charge >= 0.3 is 0 Å². The van der Waals surface area contributed by atoms with E-state index < -0.39 is 0 Å². The van der Waals surface area contributed by atoms with Gasteiger partial charge in [-0.15, -0.1) is 11.8 Å². The van der Waals surface area contributed by atoms with E-state index in [2.05, 4.69) is 0 Å². The molecule has 1 amide bonds. The number of rotatable bonds is 4. The molecule has 17 heavy (non-hydrogen) atoms. The van der Waals surface area contributed by atoms with Crippen LogP contribution in [0.2, 0.25) is 0 Å². The molecule has 2 aromatic carbocycles. The van der Waals surface area contributed by atoms with Gasteiger partial charge in [0.1, 0.15) is 5.25 Å². The van der Waals surface area contributed by atoms with Gasteiger partial charge in [-0.2, -0.15) is 0 Å². The van der Waals surface area contributed by atoms with Gasteiger partial charge in [0.05, 0.1) is 0 Å². The van der Waals surface area contributed by atoms with E-state index in [4.69, 9.17) is 5.73 Å². The van der Waals surface area contributed by atoms with Crippen molar-refractivity contribution in [2.24, 2.45) is 5.73 Å². The molecule has 1 atom stereocenters. The van der Waals surface area contributed by atoms with Crippen LogP contribution < -0.4 is 5.73 Å². The van der Waals surface area contributed by atoms with Gasteiger partial charge in [0.25, 0.3) is 0 Å². The largest absolute Gasteiger partial charge is 0.368 e. The summed E-state index contributed by atoms with van der Waals surface area (Å²) in [6.45, 7) is 0. The molecule has 2 N–H and O–H groups in total. The Morgan fingerprint density at radius 1 is 0.941 bits per heavy atom. The van der Waals surface area contributed by atoms with Crippen molar-refractivity contribution in [3.05, 3.63) is 66.2 Å². The summed E-state index contributed by atoms with van der Waals surface area (Å²) in [6.07, 6.45) is 0. The van der Waals surface area contributed by atoms with Gasteiger partial charge in [0.2, 0.25) is 5.91 Å². The third-order valence-electron chi connectivity index (χ3n) is 2.36. The van der Waals surface area contributed by atoms with E-state index in [-0.39, 0.29) is 11.2 Å². The van der Waals surface area contributed by atoms with Gasteiger partial charge in [-0.05, 0) is 17.7 Å². The maximum atomic E-state index is 11.5. The second-order valence-corrected chi connectivity index (χ2v) is 4.80. The highest BCUT2D eigenvalue weighted by Gasteiger charge is 2.18. The Morgan fingerprint density at radius 2 is 1.47 bits per heavy atom. The smallest absolute Gasteiger partial charge is 0.235 e. The van der Waals surface area contributed by atoms with Crippen LogP contribution in [0.5, 0.6) is 0 Å². The Labute approximate surface area is 105 Å². The third-order valence-corrected chi connectivity index (χ3v) is 3.64. The predicted molar refractivity (Wildman–Crippen MR) is 70.7 cm³/mol. The zero-order valence-electron chi connectivity index (χ0n) is 9.24. The van der Waals surface area contributed by atoms with Crippen LogP contribution in [0.15, 0.2) is 65.6 Å². The summed E-state index contributed by atoms with van der Waals surface area (Å²) in [6, 6.07) is 19.4. The van der Waals surface area contributed by atoms with Gasteiger partial charge in [0.15, 0.2) is 0 Å². The molecule has 3 heteroatoms. The quantitative estimate of drug-likeness (QED) is 0.839. The Morgan fingerprint density at radius 3 is 2.00 bits per heavy atom. The molecule has 2 nitrogen and oxygen atoms in total. The van der Waals surface area contributed by atoms with Crippen LogP contribution in [0.25, 0.3) is 0 Å². The van der Waals surface area contributed by atoms with Crippen molar-refractivity contribution in [3.63, 3.8) is 0 Å². The lowest BCUT2D eigenvalue weighted by Crippen LogP contribution is -2.18. The number of carbonyl (C=O) groups excluding carboxylic acids is 1. The molecule has 0 radical (unpaired) electrons. The Kier molecular flexibility index (Phi) is 3.83. The maximum Gasteiger partial charge on any atom is 0.235 e. The minimum Gasteiger partial charge on any atom is -0.368 e. The molecule has 86 valence electrons. The van der Waals surface area contributed by atoms with Crippen LogP contribution in [0.4, 0.5) is 0 Å². The van der Waals surface area contributed by atoms with E-state index in [1.807, 2.05) is 60.7 Å². The molecule has 0 aromatic heterocycles. The normalized spacial score (nSPS) is 12.0. The number of thioether (sulfide) groups is 1. The Hall–Kier alpha value is -1.74. The zero-order chi connectivity index (χ0) is 12.1. The average molecular weight is 243 g/mol. The molecule has 2 aromatic rings. The molecular weight excluding hydrogens is 230 g/mol. The second kappa shape index (κ2) is 5.55. The summed E-state index contributed by atoms with van der Waals surface area (Å²) >= 11 is 1.48. The number of amides is 1. The molecule has 1 unspecified atom stereocenters.